The molecule has 0 aliphatic heterocycles. The first-order valence-electron chi connectivity index (χ1n) is 13.4. The van der Waals surface area contributed by atoms with E-state index in [1.54, 1.807) is 0 Å². The van der Waals surface area contributed by atoms with Crippen molar-refractivity contribution in [1.82, 2.24) is 0 Å². The van der Waals surface area contributed by atoms with Crippen LogP contribution in [0.2, 0.25) is 0 Å². The van der Waals surface area contributed by atoms with Gasteiger partial charge in [0.05, 0.1) is 24.2 Å². The molecule has 4 aliphatic carbocycles. The van der Waals surface area contributed by atoms with Crippen LogP contribution in [0, 0.1) is 57.7 Å². The summed E-state index contributed by atoms with van der Waals surface area (Å²) in [5.74, 6) is 4.74. The third-order valence-electron chi connectivity index (χ3n) is 11.5. The summed E-state index contributed by atoms with van der Waals surface area (Å²) in [4.78, 5) is 0. The zero-order valence-corrected chi connectivity index (χ0v) is 20.6. The molecule has 0 amide bonds. The average Bonchev–Trinajstić information content (AvgIpc) is 3.10. The summed E-state index contributed by atoms with van der Waals surface area (Å²) in [5.41, 5.74) is 0.504. The van der Waals surface area contributed by atoms with Gasteiger partial charge in [-0.1, -0.05) is 27.7 Å². The van der Waals surface area contributed by atoms with E-state index in [1.807, 2.05) is 0 Å². The van der Waals surface area contributed by atoms with Crippen molar-refractivity contribution in [3.8, 4) is 6.07 Å². The molecule has 10 atom stereocenters. The van der Waals surface area contributed by atoms with Crippen molar-refractivity contribution < 1.29 is 10.2 Å². The number of hydrogen-bond donors (Lipinski definition) is 2. The Morgan fingerprint density at radius 3 is 2.42 bits per heavy atom. The molecule has 7 unspecified atom stereocenters. The Morgan fingerprint density at radius 2 is 1.71 bits per heavy atom. The van der Waals surface area contributed by atoms with E-state index in [2.05, 4.69) is 33.8 Å². The molecule has 0 spiro atoms. The summed E-state index contributed by atoms with van der Waals surface area (Å²) < 4.78 is 0. The van der Waals surface area contributed by atoms with Gasteiger partial charge in [-0.3, -0.25) is 0 Å². The van der Waals surface area contributed by atoms with Gasteiger partial charge < -0.3 is 10.2 Å². The Morgan fingerprint density at radius 1 is 0.968 bits per heavy atom. The maximum Gasteiger partial charge on any atom is 0.0670 e. The number of nitriles is 1. The predicted molar refractivity (Wildman–Crippen MR) is 125 cm³/mol. The zero-order chi connectivity index (χ0) is 22.4. The van der Waals surface area contributed by atoms with Gasteiger partial charge in [0.2, 0.25) is 0 Å². The zero-order valence-electron chi connectivity index (χ0n) is 20.6. The number of fused-ring (bicyclic) bond motifs is 5. The smallest absolute Gasteiger partial charge is 0.0670 e. The second-order valence-electron chi connectivity index (χ2n) is 12.7. The molecule has 0 aromatic heterocycles. The summed E-state index contributed by atoms with van der Waals surface area (Å²) in [6, 6.07) is 2.11. The van der Waals surface area contributed by atoms with Crippen LogP contribution in [0.15, 0.2) is 0 Å². The largest absolute Gasteiger partial charge is 0.392 e. The lowest BCUT2D eigenvalue weighted by Gasteiger charge is -2.62. The number of nitrogens with zero attached hydrogens (tertiary/aromatic N) is 1. The van der Waals surface area contributed by atoms with Gasteiger partial charge >= 0.3 is 0 Å². The highest BCUT2D eigenvalue weighted by Gasteiger charge is 2.61. The second-order valence-corrected chi connectivity index (χ2v) is 12.7. The fourth-order valence-corrected chi connectivity index (χ4v) is 9.48. The van der Waals surface area contributed by atoms with E-state index in [-0.39, 0.29) is 6.42 Å². The highest BCUT2D eigenvalue weighted by molar-refractivity contribution is 5.10. The molecule has 176 valence electrons. The summed E-state index contributed by atoms with van der Waals surface area (Å²) in [5, 5.41) is 29.9. The summed E-state index contributed by atoms with van der Waals surface area (Å²) >= 11 is 0. The first-order chi connectivity index (χ1) is 14.7. The highest BCUT2D eigenvalue weighted by Crippen LogP contribution is 2.69. The van der Waals surface area contributed by atoms with Crippen LogP contribution >= 0.6 is 0 Å². The van der Waals surface area contributed by atoms with Crippen molar-refractivity contribution in [3.05, 3.63) is 0 Å². The molecule has 4 aliphatic rings. The molecule has 4 saturated carbocycles. The van der Waals surface area contributed by atoms with Crippen molar-refractivity contribution in [2.75, 3.05) is 0 Å². The molecule has 3 heteroatoms. The summed E-state index contributed by atoms with van der Waals surface area (Å²) in [6.07, 6.45) is 14.1. The van der Waals surface area contributed by atoms with E-state index in [9.17, 15) is 10.2 Å². The number of aliphatic hydroxyl groups is 2. The fraction of sp³-hybridized carbons (Fsp3) is 0.964. The first-order valence-corrected chi connectivity index (χ1v) is 13.4. The molecule has 0 heterocycles. The van der Waals surface area contributed by atoms with Crippen molar-refractivity contribution in [3.63, 3.8) is 0 Å². The number of rotatable bonds is 6. The summed E-state index contributed by atoms with van der Waals surface area (Å²) in [7, 11) is 0. The lowest BCUT2D eigenvalue weighted by Crippen LogP contribution is -2.56. The molecular weight excluding hydrogens is 382 g/mol. The normalized spacial score (nSPS) is 48.7. The summed E-state index contributed by atoms with van der Waals surface area (Å²) in [6.45, 7) is 9.78. The van der Waals surface area contributed by atoms with Crippen molar-refractivity contribution in [1.29, 1.82) is 5.26 Å². The van der Waals surface area contributed by atoms with Gasteiger partial charge in [-0.2, -0.15) is 5.26 Å². The van der Waals surface area contributed by atoms with Crippen LogP contribution < -0.4 is 0 Å². The van der Waals surface area contributed by atoms with Gasteiger partial charge in [0, 0.05) is 0 Å². The van der Waals surface area contributed by atoms with E-state index in [0.717, 1.165) is 61.7 Å². The molecular formula is C28H47NO2. The van der Waals surface area contributed by atoms with Crippen LogP contribution in [0.5, 0.6) is 0 Å². The second kappa shape index (κ2) is 8.64. The van der Waals surface area contributed by atoms with Gasteiger partial charge in [0.1, 0.15) is 0 Å². The Labute approximate surface area is 191 Å². The SMILES string of the molecule is CC[C@]1(O)CCC2(C)C3CCC4(C)C(CCC4[C@H](C)CCC(O)CC#N)C3CC[C@H]2C1. The molecule has 0 saturated heterocycles. The minimum absolute atomic E-state index is 0.272. The third kappa shape index (κ3) is 3.99. The molecule has 31 heavy (non-hydrogen) atoms. The van der Waals surface area contributed by atoms with Crippen LogP contribution in [-0.2, 0) is 0 Å². The van der Waals surface area contributed by atoms with E-state index in [0.29, 0.717) is 16.7 Å². The monoisotopic (exact) mass is 429 g/mol. The van der Waals surface area contributed by atoms with Crippen molar-refractivity contribution >= 4 is 0 Å². The molecule has 0 bridgehead atoms. The molecule has 0 aromatic rings. The maximum atomic E-state index is 11.0. The Hall–Kier alpha value is -0.590. The molecule has 3 nitrogen and oxygen atoms in total. The molecule has 2 N–H and O–H groups in total. The van der Waals surface area contributed by atoms with Gasteiger partial charge in [0.25, 0.3) is 0 Å². The number of hydrogen-bond acceptors (Lipinski definition) is 3. The lowest BCUT2D eigenvalue weighted by atomic mass is 9.43. The topological polar surface area (TPSA) is 64.2 Å². The van der Waals surface area contributed by atoms with E-state index >= 15 is 0 Å². The number of aliphatic hydroxyl groups excluding tert-OH is 1. The van der Waals surface area contributed by atoms with Crippen LogP contribution in [0.4, 0.5) is 0 Å². The van der Waals surface area contributed by atoms with Crippen LogP contribution in [0.25, 0.3) is 0 Å². The molecule has 4 rings (SSSR count). The van der Waals surface area contributed by atoms with Crippen LogP contribution in [-0.4, -0.2) is 21.9 Å². The molecule has 0 radical (unpaired) electrons. The van der Waals surface area contributed by atoms with E-state index in [4.69, 9.17) is 5.26 Å². The van der Waals surface area contributed by atoms with E-state index in [1.165, 1.54) is 44.9 Å². The maximum absolute atomic E-state index is 11.0. The Bertz CT molecular complexity index is 687. The quantitative estimate of drug-likeness (QED) is 0.508. The van der Waals surface area contributed by atoms with E-state index < -0.39 is 11.7 Å². The Balaban J connectivity index is 1.45. The van der Waals surface area contributed by atoms with Crippen LogP contribution in [0.1, 0.15) is 111 Å². The van der Waals surface area contributed by atoms with Gasteiger partial charge in [-0.15, -0.1) is 0 Å². The first kappa shape index (κ1) is 23.6. The minimum Gasteiger partial charge on any atom is -0.392 e. The fourth-order valence-electron chi connectivity index (χ4n) is 9.48. The third-order valence-corrected chi connectivity index (χ3v) is 11.5. The van der Waals surface area contributed by atoms with Crippen molar-refractivity contribution in [2.24, 2.45) is 46.3 Å². The minimum atomic E-state index is -0.448. The Kier molecular flexibility index (Phi) is 6.57. The predicted octanol–water partition coefficient (Wildman–Crippen LogP) is 6.48. The van der Waals surface area contributed by atoms with Crippen molar-refractivity contribution in [2.45, 2.75) is 123 Å². The highest BCUT2D eigenvalue weighted by atomic mass is 16.3. The molecule has 4 fully saturated rings. The molecule has 0 aromatic carbocycles. The van der Waals surface area contributed by atoms with Gasteiger partial charge in [-0.05, 0) is 123 Å². The standard InChI is InChI=1S/C28H47NO2/c1-5-28(31)16-15-26(3)20(18-28)7-9-22-24-11-10-23(27(24,4)14-12-25(22)26)19(2)6-8-21(30)13-17-29/h19-25,30-31H,5-16,18H2,1-4H3/t19-,20+,21?,22?,23?,24?,25?,26?,27?,28+/m1/s1. The average molecular weight is 430 g/mol. The lowest BCUT2D eigenvalue weighted by molar-refractivity contribution is -0.152. The van der Waals surface area contributed by atoms with Crippen LogP contribution in [0.3, 0.4) is 0 Å². The van der Waals surface area contributed by atoms with Gasteiger partial charge in [-0.25, -0.2) is 0 Å². The van der Waals surface area contributed by atoms with Gasteiger partial charge in [0.15, 0.2) is 0 Å².